The number of benzene rings is 1. The molecule has 0 aliphatic carbocycles. The highest BCUT2D eigenvalue weighted by atomic mass is 35.5. The maximum atomic E-state index is 11.6. The molecule has 1 unspecified atom stereocenters. The fourth-order valence-corrected chi connectivity index (χ4v) is 1.11. The molecule has 5 nitrogen and oxygen atoms in total. The highest BCUT2D eigenvalue weighted by Crippen LogP contribution is 2.24. The number of anilines is 2. The second kappa shape index (κ2) is 6.98. The van der Waals surface area contributed by atoms with E-state index in [1.165, 1.54) is 7.11 Å². The van der Waals surface area contributed by atoms with Crippen molar-refractivity contribution < 1.29 is 14.3 Å². The summed E-state index contributed by atoms with van der Waals surface area (Å²) in [6, 6.07) is 5.06. The van der Waals surface area contributed by atoms with Crippen molar-refractivity contribution in [2.45, 2.75) is 13.0 Å². The predicted molar refractivity (Wildman–Crippen MR) is 69.8 cm³/mol. The summed E-state index contributed by atoms with van der Waals surface area (Å²) in [7, 11) is 3.02. The fraction of sp³-hybridized carbons (Fsp3) is 0.364. The van der Waals surface area contributed by atoms with Crippen LogP contribution >= 0.6 is 12.4 Å². The van der Waals surface area contributed by atoms with Gasteiger partial charge in [-0.3, -0.25) is 4.79 Å². The molecular weight excluding hydrogens is 244 g/mol. The molecule has 0 aliphatic heterocycles. The Morgan fingerprint density at radius 2 is 2.06 bits per heavy atom. The number of methoxy groups -OCH3 is 2. The molecule has 0 radical (unpaired) electrons. The third kappa shape index (κ3) is 4.13. The van der Waals surface area contributed by atoms with Crippen molar-refractivity contribution >= 4 is 29.7 Å². The molecule has 1 aromatic carbocycles. The molecule has 17 heavy (non-hydrogen) atoms. The molecule has 0 spiro atoms. The summed E-state index contributed by atoms with van der Waals surface area (Å²) in [6.45, 7) is 1.66. The van der Waals surface area contributed by atoms with E-state index in [-0.39, 0.29) is 18.3 Å². The Bertz CT molecular complexity index is 385. The highest BCUT2D eigenvalue weighted by molar-refractivity contribution is 5.96. The van der Waals surface area contributed by atoms with Crippen molar-refractivity contribution in [3.05, 3.63) is 18.2 Å². The number of nitrogen functional groups attached to an aromatic ring is 1. The fourth-order valence-electron chi connectivity index (χ4n) is 1.11. The van der Waals surface area contributed by atoms with Crippen molar-refractivity contribution in [2.24, 2.45) is 0 Å². The standard InChI is InChI=1S/C11H16N2O3.ClH/c1-7(15-2)11(14)13-10-6-8(16-3)4-5-9(10)12;/h4-7H,12H2,1-3H3,(H,13,14);1H. The molecule has 1 atom stereocenters. The first kappa shape index (κ1) is 15.5. The Morgan fingerprint density at radius 1 is 1.41 bits per heavy atom. The van der Waals surface area contributed by atoms with Crippen LogP contribution in [-0.4, -0.2) is 26.2 Å². The van der Waals surface area contributed by atoms with Gasteiger partial charge >= 0.3 is 0 Å². The first-order chi connectivity index (χ1) is 7.58. The van der Waals surface area contributed by atoms with Crippen LogP contribution in [0.1, 0.15) is 6.92 Å². The van der Waals surface area contributed by atoms with E-state index in [9.17, 15) is 4.79 Å². The lowest BCUT2D eigenvalue weighted by atomic mass is 10.2. The molecule has 1 rings (SSSR count). The molecule has 0 bridgehead atoms. The molecule has 6 heteroatoms. The number of carbonyl (C=O) groups excluding carboxylic acids is 1. The van der Waals surface area contributed by atoms with E-state index in [2.05, 4.69) is 5.32 Å². The van der Waals surface area contributed by atoms with Crippen molar-refractivity contribution in [2.75, 3.05) is 25.3 Å². The van der Waals surface area contributed by atoms with E-state index in [1.807, 2.05) is 0 Å². The van der Waals surface area contributed by atoms with Gasteiger partial charge in [-0.2, -0.15) is 0 Å². The van der Waals surface area contributed by atoms with Crippen molar-refractivity contribution in [1.82, 2.24) is 0 Å². The third-order valence-electron chi connectivity index (χ3n) is 2.24. The number of rotatable bonds is 4. The summed E-state index contributed by atoms with van der Waals surface area (Å²) in [6.07, 6.45) is -0.523. The van der Waals surface area contributed by atoms with E-state index >= 15 is 0 Å². The third-order valence-corrected chi connectivity index (χ3v) is 2.24. The topological polar surface area (TPSA) is 73.6 Å². The summed E-state index contributed by atoms with van der Waals surface area (Å²) in [4.78, 5) is 11.6. The van der Waals surface area contributed by atoms with Gasteiger partial charge in [0, 0.05) is 13.2 Å². The number of carbonyl (C=O) groups is 1. The van der Waals surface area contributed by atoms with E-state index in [1.54, 1.807) is 32.2 Å². The summed E-state index contributed by atoms with van der Waals surface area (Å²) in [5, 5.41) is 2.67. The molecule has 1 amide bonds. The zero-order valence-electron chi connectivity index (χ0n) is 10.0. The molecule has 0 fully saturated rings. The van der Waals surface area contributed by atoms with E-state index in [4.69, 9.17) is 15.2 Å². The van der Waals surface area contributed by atoms with Crippen molar-refractivity contribution in [3.63, 3.8) is 0 Å². The average Bonchev–Trinajstić information content (AvgIpc) is 2.30. The van der Waals surface area contributed by atoms with E-state index in [0.29, 0.717) is 17.1 Å². The van der Waals surface area contributed by atoms with Crippen LogP contribution in [0.4, 0.5) is 11.4 Å². The van der Waals surface area contributed by atoms with Crippen LogP contribution in [0, 0.1) is 0 Å². The summed E-state index contributed by atoms with van der Waals surface area (Å²) in [5.41, 5.74) is 6.73. The van der Waals surface area contributed by atoms with Crippen molar-refractivity contribution in [1.29, 1.82) is 0 Å². The number of nitrogens with two attached hydrogens (primary N) is 1. The highest BCUT2D eigenvalue weighted by Gasteiger charge is 2.13. The van der Waals surface area contributed by atoms with Gasteiger partial charge in [0.25, 0.3) is 5.91 Å². The Labute approximate surface area is 107 Å². The normalized spacial score (nSPS) is 11.2. The number of nitrogens with one attached hydrogen (secondary N) is 1. The molecule has 0 saturated heterocycles. The SMILES string of the molecule is COc1ccc(N)c(NC(=O)C(C)OC)c1.Cl. The Morgan fingerprint density at radius 3 is 2.59 bits per heavy atom. The zero-order chi connectivity index (χ0) is 12.1. The van der Waals surface area contributed by atoms with Crippen LogP contribution in [0.2, 0.25) is 0 Å². The zero-order valence-corrected chi connectivity index (χ0v) is 10.8. The van der Waals surface area contributed by atoms with E-state index in [0.717, 1.165) is 0 Å². The van der Waals surface area contributed by atoms with Gasteiger partial charge in [0.2, 0.25) is 0 Å². The molecule has 0 heterocycles. The molecule has 1 aromatic rings. The lowest BCUT2D eigenvalue weighted by molar-refractivity contribution is -0.124. The first-order valence-electron chi connectivity index (χ1n) is 4.85. The Kier molecular flexibility index (Phi) is 6.38. The van der Waals surface area contributed by atoms with Crippen molar-refractivity contribution in [3.8, 4) is 5.75 Å². The Balaban J connectivity index is 0.00000256. The maximum Gasteiger partial charge on any atom is 0.253 e. The monoisotopic (exact) mass is 260 g/mol. The summed E-state index contributed by atoms with van der Waals surface area (Å²) >= 11 is 0. The van der Waals surface area contributed by atoms with Crippen LogP contribution < -0.4 is 15.8 Å². The van der Waals surface area contributed by atoms with Crippen LogP contribution in [0.15, 0.2) is 18.2 Å². The predicted octanol–water partition coefficient (Wildman–Crippen LogP) is 1.67. The second-order valence-corrected chi connectivity index (χ2v) is 3.32. The van der Waals surface area contributed by atoms with Crippen LogP contribution in [-0.2, 0) is 9.53 Å². The molecule has 0 aliphatic rings. The van der Waals surface area contributed by atoms with Gasteiger partial charge in [-0.15, -0.1) is 12.4 Å². The van der Waals surface area contributed by atoms with Gasteiger partial charge in [-0.25, -0.2) is 0 Å². The average molecular weight is 261 g/mol. The maximum absolute atomic E-state index is 11.6. The summed E-state index contributed by atoms with van der Waals surface area (Å²) < 4.78 is 9.94. The quantitative estimate of drug-likeness (QED) is 0.808. The molecule has 3 N–H and O–H groups in total. The minimum Gasteiger partial charge on any atom is -0.497 e. The molecule has 0 saturated carbocycles. The molecular formula is C11H17ClN2O3. The number of hydrogen-bond acceptors (Lipinski definition) is 4. The van der Waals surface area contributed by atoms with Gasteiger partial charge in [-0.1, -0.05) is 0 Å². The molecule has 96 valence electrons. The van der Waals surface area contributed by atoms with Crippen LogP contribution in [0.3, 0.4) is 0 Å². The van der Waals surface area contributed by atoms with Gasteiger partial charge in [0.15, 0.2) is 0 Å². The smallest absolute Gasteiger partial charge is 0.253 e. The number of halogens is 1. The Hall–Kier alpha value is -1.46. The van der Waals surface area contributed by atoms with Gasteiger partial charge in [-0.05, 0) is 19.1 Å². The van der Waals surface area contributed by atoms with Crippen LogP contribution in [0.25, 0.3) is 0 Å². The van der Waals surface area contributed by atoms with Gasteiger partial charge < -0.3 is 20.5 Å². The second-order valence-electron chi connectivity index (χ2n) is 3.32. The van der Waals surface area contributed by atoms with E-state index < -0.39 is 6.10 Å². The largest absolute Gasteiger partial charge is 0.497 e. The number of hydrogen-bond donors (Lipinski definition) is 2. The lowest BCUT2D eigenvalue weighted by Crippen LogP contribution is -2.26. The minimum atomic E-state index is -0.523. The summed E-state index contributed by atoms with van der Waals surface area (Å²) in [5.74, 6) is 0.386. The first-order valence-corrected chi connectivity index (χ1v) is 4.85. The molecule has 0 aromatic heterocycles. The minimum absolute atomic E-state index is 0. The van der Waals surface area contributed by atoms with Gasteiger partial charge in [0.05, 0.1) is 18.5 Å². The lowest BCUT2D eigenvalue weighted by Gasteiger charge is -2.13. The van der Waals surface area contributed by atoms with Gasteiger partial charge in [0.1, 0.15) is 11.9 Å². The van der Waals surface area contributed by atoms with Crippen LogP contribution in [0.5, 0.6) is 5.75 Å². The number of ether oxygens (including phenoxy) is 2. The number of amides is 1.